The quantitative estimate of drug-likeness (QED) is 0.143. The van der Waals surface area contributed by atoms with Crippen LogP contribution < -0.4 is 0 Å². The first-order valence-electron chi connectivity index (χ1n) is 23.9. The van der Waals surface area contributed by atoms with E-state index in [2.05, 4.69) is 189 Å². The maximum absolute atomic E-state index is 7.72. The highest BCUT2D eigenvalue weighted by Gasteiger charge is 2.23. The minimum atomic E-state index is 0.610. The number of para-hydroxylation sites is 3. The van der Waals surface area contributed by atoms with E-state index in [1.54, 1.807) is 0 Å². The van der Waals surface area contributed by atoms with Gasteiger partial charge in [-0.15, -0.1) is 0 Å². The van der Waals surface area contributed by atoms with Crippen molar-refractivity contribution in [3.63, 3.8) is 0 Å². The third-order valence-electron chi connectivity index (χ3n) is 13.8. The third-order valence-corrected chi connectivity index (χ3v) is 13.8. The van der Waals surface area contributed by atoms with Crippen molar-refractivity contribution in [2.24, 2.45) is 0 Å². The Hall–Kier alpha value is -10.1. The van der Waals surface area contributed by atoms with Crippen molar-refractivity contribution in [2.75, 3.05) is 0 Å². The lowest BCUT2D eigenvalue weighted by Gasteiger charge is -2.20. The topological polar surface area (TPSA) is 44.4 Å². The summed E-state index contributed by atoms with van der Waals surface area (Å²) < 4.78 is 4.79. The lowest BCUT2D eigenvalue weighted by Crippen LogP contribution is -2.03. The summed E-state index contributed by atoms with van der Waals surface area (Å²) in [4.78, 5) is 18.1. The molecule has 0 saturated heterocycles. The molecule has 6 nitrogen and oxygen atoms in total. The Labute approximate surface area is 416 Å². The van der Waals surface area contributed by atoms with E-state index in [0.29, 0.717) is 17.2 Å². The maximum atomic E-state index is 7.72. The zero-order chi connectivity index (χ0) is 48.1. The number of benzene rings is 10. The fourth-order valence-corrected chi connectivity index (χ4v) is 10.4. The SMILES string of the molecule is [C-]#[N+]c1cccc(-c2ccc3c(c2)c2ccccc2n3-c2ccccc2-c2ccc(-c3nc(-c4ccccc4)cc(-c4ccccc4)n3)cc2-n2c3ccccc3c3cc(-c4cccc([N+]#[C-])c4)ccc32)c1. The number of aromatic nitrogens is 4. The lowest BCUT2D eigenvalue weighted by molar-refractivity contribution is 1.15. The summed E-state index contributed by atoms with van der Waals surface area (Å²) >= 11 is 0. The highest BCUT2D eigenvalue weighted by atomic mass is 15.0. The molecule has 0 fully saturated rings. The van der Waals surface area contributed by atoms with Crippen molar-refractivity contribution < 1.29 is 0 Å². The minimum absolute atomic E-state index is 0.610. The van der Waals surface area contributed by atoms with Crippen LogP contribution in [0.25, 0.3) is 132 Å². The van der Waals surface area contributed by atoms with Gasteiger partial charge in [0.05, 0.1) is 58.0 Å². The molecule has 0 unspecified atom stereocenters. The van der Waals surface area contributed by atoms with Gasteiger partial charge in [-0.1, -0.05) is 176 Å². The largest absolute Gasteiger partial charge is 0.309 e. The number of nitrogens with zero attached hydrogens (tertiary/aromatic N) is 6. The molecule has 3 aromatic heterocycles. The van der Waals surface area contributed by atoms with Crippen LogP contribution in [0.5, 0.6) is 0 Å². The van der Waals surface area contributed by atoms with Gasteiger partial charge in [-0.05, 0) is 89.0 Å². The molecule has 0 aliphatic carbocycles. The average molecular weight is 917 g/mol. The van der Waals surface area contributed by atoms with E-state index in [1.807, 2.05) is 72.8 Å². The molecule has 72 heavy (non-hydrogen) atoms. The van der Waals surface area contributed by atoms with Crippen LogP contribution in [0.3, 0.4) is 0 Å². The number of rotatable bonds is 8. The van der Waals surface area contributed by atoms with E-state index in [4.69, 9.17) is 23.1 Å². The van der Waals surface area contributed by atoms with Gasteiger partial charge in [-0.3, -0.25) is 0 Å². The molecule has 6 heteroatoms. The average Bonchev–Trinajstić information content (AvgIpc) is 3.97. The first kappa shape index (κ1) is 42.0. The zero-order valence-corrected chi connectivity index (χ0v) is 38.8. The van der Waals surface area contributed by atoms with Gasteiger partial charge < -0.3 is 9.13 Å². The third kappa shape index (κ3) is 7.19. The van der Waals surface area contributed by atoms with Crippen LogP contribution >= 0.6 is 0 Å². The Bertz CT molecular complexity index is 4300. The Morgan fingerprint density at radius 3 is 1.28 bits per heavy atom. The van der Waals surface area contributed by atoms with E-state index in [9.17, 15) is 0 Å². The lowest BCUT2D eigenvalue weighted by atomic mass is 9.98. The fraction of sp³-hybridized carbons (Fsp3) is 0. The van der Waals surface area contributed by atoms with Gasteiger partial charge >= 0.3 is 0 Å². The molecule has 0 saturated carbocycles. The van der Waals surface area contributed by atoms with Gasteiger partial charge in [0.1, 0.15) is 0 Å². The van der Waals surface area contributed by atoms with Crippen molar-refractivity contribution in [3.05, 3.63) is 265 Å². The summed E-state index contributed by atoms with van der Waals surface area (Å²) in [5, 5.41) is 4.50. The normalized spacial score (nSPS) is 11.3. The van der Waals surface area contributed by atoms with E-state index in [0.717, 1.165) is 116 Å². The molecule has 0 aliphatic heterocycles. The summed E-state index contributed by atoms with van der Waals surface area (Å²) in [7, 11) is 0. The Morgan fingerprint density at radius 2 is 0.722 bits per heavy atom. The summed E-state index contributed by atoms with van der Waals surface area (Å²) in [6, 6.07) is 84.3. The fourth-order valence-electron chi connectivity index (χ4n) is 10.4. The molecule has 0 bridgehead atoms. The van der Waals surface area contributed by atoms with Gasteiger partial charge in [0.15, 0.2) is 17.2 Å². The Balaban J connectivity index is 1.08. The minimum Gasteiger partial charge on any atom is -0.309 e. The van der Waals surface area contributed by atoms with Crippen molar-refractivity contribution >= 4 is 55.0 Å². The second-order valence-corrected chi connectivity index (χ2v) is 17.9. The maximum Gasteiger partial charge on any atom is 0.187 e. The number of hydrogen-bond acceptors (Lipinski definition) is 2. The van der Waals surface area contributed by atoms with Crippen LogP contribution in [-0.2, 0) is 0 Å². The first-order chi connectivity index (χ1) is 35.6. The highest BCUT2D eigenvalue weighted by molar-refractivity contribution is 6.13. The van der Waals surface area contributed by atoms with Crippen LogP contribution in [0.1, 0.15) is 0 Å². The molecule has 334 valence electrons. The number of fused-ring (bicyclic) bond motifs is 6. The van der Waals surface area contributed by atoms with Crippen molar-refractivity contribution in [1.29, 1.82) is 0 Å². The first-order valence-corrected chi connectivity index (χ1v) is 23.9. The summed E-state index contributed by atoms with van der Waals surface area (Å²) in [6.07, 6.45) is 0. The Kier molecular flexibility index (Phi) is 10.2. The van der Waals surface area contributed by atoms with Crippen LogP contribution in [0.2, 0.25) is 0 Å². The monoisotopic (exact) mass is 916 g/mol. The van der Waals surface area contributed by atoms with Crippen molar-refractivity contribution in [1.82, 2.24) is 19.1 Å². The zero-order valence-electron chi connectivity index (χ0n) is 38.8. The summed E-state index contributed by atoms with van der Waals surface area (Å²) in [5.74, 6) is 0.624. The highest BCUT2D eigenvalue weighted by Crippen LogP contribution is 2.44. The van der Waals surface area contributed by atoms with Gasteiger partial charge in [0.2, 0.25) is 0 Å². The van der Waals surface area contributed by atoms with Crippen LogP contribution in [-0.4, -0.2) is 19.1 Å². The molecule has 13 rings (SSSR count). The van der Waals surface area contributed by atoms with Gasteiger partial charge in [0.25, 0.3) is 0 Å². The molecular formula is C66H40N6. The smallest absolute Gasteiger partial charge is 0.187 e. The Morgan fingerprint density at radius 1 is 0.292 bits per heavy atom. The van der Waals surface area contributed by atoms with Crippen LogP contribution in [0, 0.1) is 13.1 Å². The van der Waals surface area contributed by atoms with E-state index < -0.39 is 0 Å². The van der Waals surface area contributed by atoms with Crippen LogP contribution in [0.4, 0.5) is 11.4 Å². The molecule has 3 heterocycles. The van der Waals surface area contributed by atoms with E-state index in [-0.39, 0.29) is 0 Å². The van der Waals surface area contributed by atoms with Gasteiger partial charge in [-0.2, -0.15) is 0 Å². The van der Waals surface area contributed by atoms with Crippen molar-refractivity contribution in [2.45, 2.75) is 0 Å². The summed E-state index contributed by atoms with van der Waals surface area (Å²) in [5.41, 5.74) is 18.3. The summed E-state index contributed by atoms with van der Waals surface area (Å²) in [6.45, 7) is 15.4. The standard InChI is InChI=1S/C66H40N6/c1-67-50-23-15-21-45(37-50)47-32-35-63-56(39-47)53-26-10-13-29-61(53)71(63)60-28-12-9-25-52(60)55-34-31-49(66-69-58(43-17-5-3-6-18-43)42-59(70-66)44-19-7-4-8-20-44)41-65(55)72-62-30-14-11-27-54(62)57-40-48(33-36-64(57)72)46-22-16-24-51(38-46)68-2/h3-42H. The molecule has 0 spiro atoms. The molecule has 0 amide bonds. The van der Waals surface area contributed by atoms with Gasteiger partial charge in [-0.25, -0.2) is 19.7 Å². The molecule has 0 radical (unpaired) electrons. The predicted molar refractivity (Wildman–Crippen MR) is 296 cm³/mol. The second kappa shape index (κ2) is 17.4. The number of hydrogen-bond donors (Lipinski definition) is 0. The van der Waals surface area contributed by atoms with Gasteiger partial charge in [0, 0.05) is 49.4 Å². The molecule has 0 atom stereocenters. The van der Waals surface area contributed by atoms with Crippen LogP contribution in [0.15, 0.2) is 243 Å². The van der Waals surface area contributed by atoms with E-state index >= 15 is 0 Å². The molecule has 0 N–H and O–H groups in total. The molecule has 10 aromatic carbocycles. The second-order valence-electron chi connectivity index (χ2n) is 17.9. The van der Waals surface area contributed by atoms with E-state index in [1.165, 1.54) is 0 Å². The van der Waals surface area contributed by atoms with Crippen molar-refractivity contribution in [3.8, 4) is 78.7 Å². The predicted octanol–water partition coefficient (Wildman–Crippen LogP) is 17.8. The molecular weight excluding hydrogens is 877 g/mol. The molecule has 0 aliphatic rings. The molecule has 13 aromatic rings.